The smallest absolute Gasteiger partial charge is 0.263 e. The van der Waals surface area contributed by atoms with Crippen molar-refractivity contribution in [2.75, 3.05) is 0 Å². The van der Waals surface area contributed by atoms with E-state index in [1.165, 1.54) is 12.1 Å². The molecule has 0 bridgehead atoms. The Bertz CT molecular complexity index is 526. The van der Waals surface area contributed by atoms with E-state index in [2.05, 4.69) is 10.3 Å². The highest BCUT2D eigenvalue weighted by molar-refractivity contribution is 5.24. The monoisotopic (exact) mass is 266 g/mol. The largest absolute Gasteiger partial charge is 0.444 e. The summed E-state index contributed by atoms with van der Waals surface area (Å²) in [6.07, 6.45) is 0.0801. The molecular weight excluding hydrogens is 250 g/mol. The lowest BCUT2D eigenvalue weighted by molar-refractivity contribution is 0.151. The third-order valence-corrected chi connectivity index (χ3v) is 2.76. The fourth-order valence-electron chi connectivity index (χ4n) is 1.75. The second-order valence-corrected chi connectivity index (χ2v) is 4.22. The molecule has 0 aliphatic carbocycles. The minimum atomic E-state index is -2.43. The Labute approximate surface area is 110 Å². The minimum absolute atomic E-state index is 0.0451. The topological polar surface area (TPSA) is 38.1 Å². The summed E-state index contributed by atoms with van der Waals surface area (Å²) < 4.78 is 30.5. The van der Waals surface area contributed by atoms with Crippen molar-refractivity contribution in [2.45, 2.75) is 32.9 Å². The van der Waals surface area contributed by atoms with Gasteiger partial charge in [-0.1, -0.05) is 25.1 Å². The number of alkyl halides is 2. The van der Waals surface area contributed by atoms with Gasteiger partial charge in [-0.05, 0) is 11.6 Å². The molecule has 19 heavy (non-hydrogen) atoms. The molecule has 0 radical (unpaired) electrons. The van der Waals surface area contributed by atoms with E-state index in [9.17, 15) is 8.78 Å². The summed E-state index contributed by atoms with van der Waals surface area (Å²) in [5, 5.41) is 3.12. The second-order valence-electron chi connectivity index (χ2n) is 4.22. The average Bonchev–Trinajstić information content (AvgIpc) is 2.87. The molecule has 2 aromatic rings. The molecule has 0 atom stereocenters. The van der Waals surface area contributed by atoms with Crippen molar-refractivity contribution in [2.24, 2.45) is 0 Å². The van der Waals surface area contributed by atoms with Crippen LogP contribution in [0, 0.1) is 0 Å². The molecule has 5 heteroatoms. The number of nitrogens with one attached hydrogen (secondary N) is 1. The Kier molecular flexibility index (Phi) is 4.63. The number of benzene rings is 1. The van der Waals surface area contributed by atoms with Crippen LogP contribution in [0.3, 0.4) is 0 Å². The van der Waals surface area contributed by atoms with Gasteiger partial charge in [0, 0.05) is 18.5 Å². The lowest BCUT2D eigenvalue weighted by Gasteiger charge is -2.05. The first-order valence-electron chi connectivity index (χ1n) is 6.20. The summed E-state index contributed by atoms with van der Waals surface area (Å²) in [6, 6.07) is 6.38. The van der Waals surface area contributed by atoms with Crippen LogP contribution in [0.25, 0.3) is 0 Å². The Hall–Kier alpha value is -1.75. The second kappa shape index (κ2) is 6.43. The molecule has 1 aromatic carbocycles. The molecule has 0 saturated carbocycles. The van der Waals surface area contributed by atoms with Crippen molar-refractivity contribution in [3.63, 3.8) is 0 Å². The van der Waals surface area contributed by atoms with Gasteiger partial charge in [0.05, 0.1) is 12.7 Å². The SMILES string of the molecule is CCc1cnc(CNCc2cccc(C(F)F)c2)o1. The summed E-state index contributed by atoms with van der Waals surface area (Å²) in [4.78, 5) is 4.11. The zero-order valence-electron chi connectivity index (χ0n) is 10.7. The van der Waals surface area contributed by atoms with Crippen LogP contribution in [0.1, 0.15) is 36.1 Å². The molecule has 0 fully saturated rings. The zero-order chi connectivity index (χ0) is 13.7. The molecule has 102 valence electrons. The number of halogens is 2. The predicted octanol–water partition coefficient (Wildman–Crippen LogP) is 3.46. The number of aromatic nitrogens is 1. The third-order valence-electron chi connectivity index (χ3n) is 2.76. The molecule has 3 nitrogen and oxygen atoms in total. The minimum Gasteiger partial charge on any atom is -0.444 e. The highest BCUT2D eigenvalue weighted by atomic mass is 19.3. The molecule has 1 aromatic heterocycles. The van der Waals surface area contributed by atoms with E-state index in [1.54, 1.807) is 12.3 Å². The molecule has 1 heterocycles. The fraction of sp³-hybridized carbons (Fsp3) is 0.357. The van der Waals surface area contributed by atoms with Gasteiger partial charge in [0.2, 0.25) is 5.89 Å². The van der Waals surface area contributed by atoms with Gasteiger partial charge in [-0.15, -0.1) is 0 Å². The Morgan fingerprint density at radius 1 is 1.32 bits per heavy atom. The van der Waals surface area contributed by atoms with Crippen molar-refractivity contribution >= 4 is 0 Å². The van der Waals surface area contributed by atoms with Gasteiger partial charge in [-0.25, -0.2) is 13.8 Å². The molecule has 2 rings (SSSR count). The van der Waals surface area contributed by atoms with Crippen LogP contribution in [-0.4, -0.2) is 4.98 Å². The van der Waals surface area contributed by atoms with Gasteiger partial charge in [-0.2, -0.15) is 0 Å². The first-order chi connectivity index (χ1) is 9.19. The number of rotatable bonds is 6. The van der Waals surface area contributed by atoms with Crippen molar-refractivity contribution in [3.8, 4) is 0 Å². The molecule has 0 aliphatic heterocycles. The molecule has 0 spiro atoms. The van der Waals surface area contributed by atoms with E-state index in [-0.39, 0.29) is 5.56 Å². The quantitative estimate of drug-likeness (QED) is 0.870. The van der Waals surface area contributed by atoms with Crippen molar-refractivity contribution in [1.82, 2.24) is 10.3 Å². The van der Waals surface area contributed by atoms with Crippen LogP contribution in [0.4, 0.5) is 8.78 Å². The molecule has 0 saturated heterocycles. The van der Waals surface area contributed by atoms with Gasteiger partial charge >= 0.3 is 0 Å². The Balaban J connectivity index is 1.86. The van der Waals surface area contributed by atoms with Crippen LogP contribution < -0.4 is 5.32 Å². The van der Waals surface area contributed by atoms with Crippen LogP contribution in [-0.2, 0) is 19.5 Å². The van der Waals surface area contributed by atoms with Crippen LogP contribution in [0.2, 0.25) is 0 Å². The maximum absolute atomic E-state index is 12.5. The highest BCUT2D eigenvalue weighted by Crippen LogP contribution is 2.19. The van der Waals surface area contributed by atoms with Crippen LogP contribution in [0.15, 0.2) is 34.9 Å². The first-order valence-corrected chi connectivity index (χ1v) is 6.20. The van der Waals surface area contributed by atoms with E-state index in [0.717, 1.165) is 17.7 Å². The number of oxazole rings is 1. The van der Waals surface area contributed by atoms with Gasteiger partial charge in [0.25, 0.3) is 6.43 Å². The first kappa shape index (κ1) is 13.7. The fourth-order valence-corrected chi connectivity index (χ4v) is 1.75. The third kappa shape index (κ3) is 3.86. The van der Waals surface area contributed by atoms with Crippen molar-refractivity contribution in [1.29, 1.82) is 0 Å². The van der Waals surface area contributed by atoms with Crippen molar-refractivity contribution < 1.29 is 13.2 Å². The maximum Gasteiger partial charge on any atom is 0.263 e. The highest BCUT2D eigenvalue weighted by Gasteiger charge is 2.07. The molecule has 1 N–H and O–H groups in total. The van der Waals surface area contributed by atoms with Gasteiger partial charge in [0.1, 0.15) is 5.76 Å². The molecule has 0 unspecified atom stereocenters. The molecule has 0 amide bonds. The lowest BCUT2D eigenvalue weighted by Crippen LogP contribution is -2.13. The average molecular weight is 266 g/mol. The van der Waals surface area contributed by atoms with E-state index >= 15 is 0 Å². The van der Waals surface area contributed by atoms with E-state index < -0.39 is 6.43 Å². The maximum atomic E-state index is 12.5. The van der Waals surface area contributed by atoms with E-state index in [1.807, 2.05) is 13.0 Å². The number of aryl methyl sites for hydroxylation is 1. The van der Waals surface area contributed by atoms with E-state index in [0.29, 0.717) is 19.0 Å². The summed E-state index contributed by atoms with van der Waals surface area (Å²) in [6.45, 7) is 2.98. The normalized spacial score (nSPS) is 11.2. The van der Waals surface area contributed by atoms with Crippen LogP contribution >= 0.6 is 0 Å². The Morgan fingerprint density at radius 2 is 2.16 bits per heavy atom. The summed E-state index contributed by atoms with van der Waals surface area (Å²) in [7, 11) is 0. The summed E-state index contributed by atoms with van der Waals surface area (Å²) >= 11 is 0. The standard InChI is InChI=1S/C14H16F2N2O/c1-2-12-8-18-13(19-12)9-17-7-10-4-3-5-11(6-10)14(15)16/h3-6,8,14,17H,2,7,9H2,1H3. The Morgan fingerprint density at radius 3 is 2.84 bits per heavy atom. The summed E-state index contributed by atoms with van der Waals surface area (Å²) in [5.41, 5.74) is 0.865. The van der Waals surface area contributed by atoms with Crippen LogP contribution in [0.5, 0.6) is 0 Å². The molecular formula is C14H16F2N2O. The van der Waals surface area contributed by atoms with Crippen molar-refractivity contribution in [3.05, 3.63) is 53.2 Å². The zero-order valence-corrected chi connectivity index (χ0v) is 10.7. The predicted molar refractivity (Wildman–Crippen MR) is 67.8 cm³/mol. The van der Waals surface area contributed by atoms with Gasteiger partial charge in [0.15, 0.2) is 0 Å². The summed E-state index contributed by atoms with van der Waals surface area (Å²) in [5.74, 6) is 1.46. The van der Waals surface area contributed by atoms with Gasteiger partial charge < -0.3 is 9.73 Å². The van der Waals surface area contributed by atoms with E-state index in [4.69, 9.17) is 4.42 Å². The van der Waals surface area contributed by atoms with Gasteiger partial charge in [-0.3, -0.25) is 0 Å². The number of hydrogen-bond acceptors (Lipinski definition) is 3. The number of hydrogen-bond donors (Lipinski definition) is 1. The number of nitrogens with zero attached hydrogens (tertiary/aromatic N) is 1. The lowest BCUT2D eigenvalue weighted by atomic mass is 10.1. The molecule has 0 aliphatic rings.